The molecule has 1 aromatic carbocycles. The summed E-state index contributed by atoms with van der Waals surface area (Å²) in [5.41, 5.74) is 1.26. The largest absolute Gasteiger partial charge is 0.339 e. The zero-order valence-electron chi connectivity index (χ0n) is 11.2. The van der Waals surface area contributed by atoms with Gasteiger partial charge in [0, 0.05) is 23.4 Å². The maximum Gasteiger partial charge on any atom is 0.226 e. The van der Waals surface area contributed by atoms with Crippen LogP contribution < -0.4 is 5.32 Å². The van der Waals surface area contributed by atoms with Crippen LogP contribution >= 0.6 is 15.9 Å². The number of nitrogens with one attached hydrogen (secondary N) is 1. The maximum absolute atomic E-state index is 5.26. The number of halogens is 1. The van der Waals surface area contributed by atoms with E-state index in [-0.39, 0.29) is 0 Å². The number of hydrogen-bond acceptors (Lipinski definition) is 4. The Morgan fingerprint density at radius 2 is 2.21 bits per heavy atom. The second kappa shape index (κ2) is 6.82. The Morgan fingerprint density at radius 1 is 1.37 bits per heavy atom. The first-order chi connectivity index (χ1) is 9.17. The summed E-state index contributed by atoms with van der Waals surface area (Å²) in [6.45, 7) is 2.09. The minimum Gasteiger partial charge on any atom is -0.339 e. The monoisotopic (exact) mass is 323 g/mol. The van der Waals surface area contributed by atoms with Crippen molar-refractivity contribution in [1.82, 2.24) is 15.5 Å². The molecule has 1 atom stereocenters. The van der Waals surface area contributed by atoms with Gasteiger partial charge in [-0.15, -0.1) is 0 Å². The lowest BCUT2D eigenvalue weighted by atomic mass is 10.1. The number of nitrogens with zero attached hydrogens (tertiary/aromatic N) is 2. The number of aryl methyl sites for hydroxylation is 2. The standard InChI is InChI=1S/C14H18BrN3O/c1-10(16-2)8-13-17-14(19-18-13)7-6-11-4-3-5-12(15)9-11/h3-5,9-10,16H,6-8H2,1-2H3. The van der Waals surface area contributed by atoms with Crippen molar-refractivity contribution >= 4 is 15.9 Å². The van der Waals surface area contributed by atoms with Crippen LogP contribution in [0.3, 0.4) is 0 Å². The van der Waals surface area contributed by atoms with Crippen LogP contribution in [0.5, 0.6) is 0 Å². The molecule has 102 valence electrons. The van der Waals surface area contributed by atoms with Gasteiger partial charge in [0.15, 0.2) is 5.82 Å². The zero-order valence-corrected chi connectivity index (χ0v) is 12.8. The molecule has 0 aliphatic carbocycles. The first kappa shape index (κ1) is 14.2. The third-order valence-electron chi connectivity index (χ3n) is 3.01. The molecule has 0 amide bonds. The molecule has 4 nitrogen and oxygen atoms in total. The Hall–Kier alpha value is -1.20. The quantitative estimate of drug-likeness (QED) is 0.888. The Morgan fingerprint density at radius 3 is 2.95 bits per heavy atom. The van der Waals surface area contributed by atoms with Crippen LogP contribution in [-0.2, 0) is 19.3 Å². The lowest BCUT2D eigenvalue weighted by molar-refractivity contribution is 0.371. The average Bonchev–Trinajstić information content (AvgIpc) is 2.84. The van der Waals surface area contributed by atoms with E-state index in [1.54, 1.807) is 0 Å². The van der Waals surface area contributed by atoms with Gasteiger partial charge in [0.05, 0.1) is 0 Å². The first-order valence-electron chi connectivity index (χ1n) is 6.40. The van der Waals surface area contributed by atoms with Gasteiger partial charge in [0.1, 0.15) is 0 Å². The minimum absolute atomic E-state index is 0.357. The van der Waals surface area contributed by atoms with Crippen molar-refractivity contribution in [2.75, 3.05) is 7.05 Å². The summed E-state index contributed by atoms with van der Waals surface area (Å²) < 4.78 is 6.36. The van der Waals surface area contributed by atoms with E-state index in [9.17, 15) is 0 Å². The summed E-state index contributed by atoms with van der Waals surface area (Å²) in [5.74, 6) is 1.48. The van der Waals surface area contributed by atoms with Crippen LogP contribution in [0.25, 0.3) is 0 Å². The van der Waals surface area contributed by atoms with Crippen LogP contribution in [0.4, 0.5) is 0 Å². The van der Waals surface area contributed by atoms with Crippen molar-refractivity contribution in [3.8, 4) is 0 Å². The predicted octanol–water partition coefficient (Wildman–Crippen LogP) is 2.77. The van der Waals surface area contributed by atoms with Gasteiger partial charge in [-0.2, -0.15) is 4.98 Å². The van der Waals surface area contributed by atoms with Gasteiger partial charge < -0.3 is 9.84 Å². The van der Waals surface area contributed by atoms with Crippen LogP contribution in [0.2, 0.25) is 0 Å². The van der Waals surface area contributed by atoms with E-state index >= 15 is 0 Å². The molecule has 0 fully saturated rings. The van der Waals surface area contributed by atoms with E-state index in [2.05, 4.69) is 50.4 Å². The fourth-order valence-corrected chi connectivity index (χ4v) is 2.24. The predicted molar refractivity (Wildman–Crippen MR) is 78.1 cm³/mol. The van der Waals surface area contributed by atoms with Crippen LogP contribution in [0, 0.1) is 0 Å². The molecule has 1 heterocycles. The molecule has 0 spiro atoms. The lowest BCUT2D eigenvalue weighted by Crippen LogP contribution is -2.24. The van der Waals surface area contributed by atoms with Crippen molar-refractivity contribution in [3.05, 3.63) is 46.0 Å². The highest BCUT2D eigenvalue weighted by molar-refractivity contribution is 9.10. The molecular weight excluding hydrogens is 306 g/mol. The SMILES string of the molecule is CNC(C)Cc1noc(CCc2cccc(Br)c2)n1. The third-order valence-corrected chi connectivity index (χ3v) is 3.50. The van der Waals surface area contributed by atoms with Gasteiger partial charge >= 0.3 is 0 Å². The Balaban J connectivity index is 1.90. The highest BCUT2D eigenvalue weighted by Gasteiger charge is 2.09. The number of rotatable bonds is 6. The average molecular weight is 324 g/mol. The molecule has 1 aromatic heterocycles. The third kappa shape index (κ3) is 4.44. The van der Waals surface area contributed by atoms with Crippen molar-refractivity contribution in [1.29, 1.82) is 0 Å². The van der Waals surface area contributed by atoms with Gasteiger partial charge in [-0.05, 0) is 38.1 Å². The number of likely N-dealkylation sites (N-methyl/N-ethyl adjacent to an activating group) is 1. The lowest BCUT2D eigenvalue weighted by Gasteiger charge is -2.04. The summed E-state index contributed by atoms with van der Waals surface area (Å²) in [4.78, 5) is 4.41. The smallest absolute Gasteiger partial charge is 0.226 e. The molecule has 1 unspecified atom stereocenters. The molecule has 2 aromatic rings. The number of aromatic nitrogens is 2. The first-order valence-corrected chi connectivity index (χ1v) is 7.20. The van der Waals surface area contributed by atoms with Crippen molar-refractivity contribution < 1.29 is 4.52 Å². The zero-order chi connectivity index (χ0) is 13.7. The fourth-order valence-electron chi connectivity index (χ4n) is 1.79. The Labute approximate surface area is 121 Å². The summed E-state index contributed by atoms with van der Waals surface area (Å²) in [6, 6.07) is 8.63. The van der Waals surface area contributed by atoms with E-state index < -0.39 is 0 Å². The summed E-state index contributed by atoms with van der Waals surface area (Å²) >= 11 is 3.47. The molecule has 0 aliphatic heterocycles. The minimum atomic E-state index is 0.357. The Bertz CT molecular complexity index is 527. The molecule has 0 saturated carbocycles. The van der Waals surface area contributed by atoms with E-state index in [1.165, 1.54) is 5.56 Å². The van der Waals surface area contributed by atoms with Gasteiger partial charge in [-0.1, -0.05) is 33.2 Å². The maximum atomic E-state index is 5.26. The molecule has 0 radical (unpaired) electrons. The van der Waals surface area contributed by atoms with Crippen LogP contribution in [0.15, 0.2) is 33.3 Å². The highest BCUT2D eigenvalue weighted by Crippen LogP contribution is 2.13. The molecule has 2 rings (SSSR count). The van der Waals surface area contributed by atoms with Crippen LogP contribution in [0.1, 0.15) is 24.2 Å². The molecule has 0 bridgehead atoms. The summed E-state index contributed by atoms with van der Waals surface area (Å²) in [6.07, 6.45) is 2.47. The Kier molecular flexibility index (Phi) is 5.10. The van der Waals surface area contributed by atoms with Crippen molar-refractivity contribution in [2.45, 2.75) is 32.2 Å². The van der Waals surface area contributed by atoms with Gasteiger partial charge in [0.2, 0.25) is 5.89 Å². The molecule has 5 heteroatoms. The van der Waals surface area contributed by atoms with Crippen LogP contribution in [-0.4, -0.2) is 23.2 Å². The van der Waals surface area contributed by atoms with E-state index in [0.29, 0.717) is 11.9 Å². The molecule has 0 aliphatic rings. The van der Waals surface area contributed by atoms with Gasteiger partial charge in [-0.25, -0.2) is 0 Å². The normalized spacial score (nSPS) is 12.6. The number of benzene rings is 1. The molecule has 19 heavy (non-hydrogen) atoms. The second-order valence-corrected chi connectivity index (χ2v) is 5.54. The van der Waals surface area contributed by atoms with Crippen molar-refractivity contribution in [2.24, 2.45) is 0 Å². The molecular formula is C14H18BrN3O. The molecule has 1 N–H and O–H groups in total. The van der Waals surface area contributed by atoms with E-state index in [0.717, 1.165) is 29.6 Å². The van der Waals surface area contributed by atoms with Gasteiger partial charge in [-0.3, -0.25) is 0 Å². The van der Waals surface area contributed by atoms with E-state index in [1.807, 2.05) is 19.2 Å². The van der Waals surface area contributed by atoms with Crippen molar-refractivity contribution in [3.63, 3.8) is 0 Å². The topological polar surface area (TPSA) is 51.0 Å². The number of hydrogen-bond donors (Lipinski definition) is 1. The summed E-state index contributed by atoms with van der Waals surface area (Å²) in [7, 11) is 1.93. The van der Waals surface area contributed by atoms with Gasteiger partial charge in [0.25, 0.3) is 0 Å². The highest BCUT2D eigenvalue weighted by atomic mass is 79.9. The second-order valence-electron chi connectivity index (χ2n) is 4.63. The fraction of sp³-hybridized carbons (Fsp3) is 0.429. The van der Waals surface area contributed by atoms with E-state index in [4.69, 9.17) is 4.52 Å². The molecule has 0 saturated heterocycles. The summed E-state index contributed by atoms with van der Waals surface area (Å²) in [5, 5.41) is 7.16.